The Labute approximate surface area is 127 Å². The number of nitrogens with two attached hydrogens (primary N) is 1. The van der Waals surface area contributed by atoms with Crippen LogP contribution < -0.4 is 5.73 Å². The van der Waals surface area contributed by atoms with Crippen molar-refractivity contribution in [3.8, 4) is 0 Å². The molecule has 0 saturated heterocycles. The summed E-state index contributed by atoms with van der Waals surface area (Å²) >= 11 is 0. The Bertz CT molecular complexity index is 265. The maximum atomic E-state index is 12.8. The van der Waals surface area contributed by atoms with E-state index in [0.717, 1.165) is 19.3 Å². The summed E-state index contributed by atoms with van der Waals surface area (Å²) in [6, 6.07) is -0.0363. The van der Waals surface area contributed by atoms with Crippen molar-refractivity contribution in [2.75, 3.05) is 0 Å². The SMILES string of the molecule is CCCCCCCCCC(N)C1CCCC(C(F)(F)F)C1. The Morgan fingerprint density at radius 3 is 2.24 bits per heavy atom. The molecule has 1 aliphatic rings. The molecule has 0 amide bonds. The van der Waals surface area contributed by atoms with Gasteiger partial charge in [0.05, 0.1) is 5.92 Å². The molecule has 0 heterocycles. The Hall–Kier alpha value is -0.250. The minimum absolute atomic E-state index is 0.0363. The molecule has 0 aromatic heterocycles. The highest BCUT2D eigenvalue weighted by atomic mass is 19.4. The van der Waals surface area contributed by atoms with Crippen LogP contribution in [0.15, 0.2) is 0 Å². The summed E-state index contributed by atoms with van der Waals surface area (Å²) < 4.78 is 38.4. The van der Waals surface area contributed by atoms with Gasteiger partial charge in [-0.25, -0.2) is 0 Å². The second-order valence-corrected chi connectivity index (χ2v) is 6.74. The Morgan fingerprint density at radius 1 is 1.00 bits per heavy atom. The molecule has 3 unspecified atom stereocenters. The molecule has 1 fully saturated rings. The second-order valence-electron chi connectivity index (χ2n) is 6.74. The van der Waals surface area contributed by atoms with Crippen LogP contribution in [0.1, 0.15) is 84.0 Å². The molecule has 0 radical (unpaired) electrons. The molecule has 3 atom stereocenters. The fraction of sp³-hybridized carbons (Fsp3) is 1.00. The third-order valence-electron chi connectivity index (χ3n) is 4.92. The first kappa shape index (κ1) is 18.8. The highest BCUT2D eigenvalue weighted by Crippen LogP contribution is 2.41. The van der Waals surface area contributed by atoms with E-state index in [2.05, 4.69) is 6.92 Å². The van der Waals surface area contributed by atoms with Gasteiger partial charge in [0, 0.05) is 6.04 Å². The smallest absolute Gasteiger partial charge is 0.327 e. The maximum absolute atomic E-state index is 12.8. The lowest BCUT2D eigenvalue weighted by Crippen LogP contribution is -2.37. The summed E-state index contributed by atoms with van der Waals surface area (Å²) in [7, 11) is 0. The second kappa shape index (κ2) is 9.70. The van der Waals surface area contributed by atoms with Gasteiger partial charge in [-0.1, -0.05) is 58.3 Å². The van der Waals surface area contributed by atoms with Gasteiger partial charge >= 0.3 is 6.18 Å². The number of hydrogen-bond donors (Lipinski definition) is 1. The number of rotatable bonds is 9. The van der Waals surface area contributed by atoms with Crippen molar-refractivity contribution in [2.24, 2.45) is 17.6 Å². The molecular weight excluding hydrogens is 275 g/mol. The van der Waals surface area contributed by atoms with Crippen molar-refractivity contribution in [1.29, 1.82) is 0 Å². The summed E-state index contributed by atoms with van der Waals surface area (Å²) in [5.41, 5.74) is 6.15. The predicted octanol–water partition coefficient (Wildman–Crippen LogP) is 5.82. The lowest BCUT2D eigenvalue weighted by atomic mass is 9.76. The Balaban J connectivity index is 2.15. The van der Waals surface area contributed by atoms with E-state index in [1.165, 1.54) is 38.5 Å². The molecule has 1 saturated carbocycles. The first-order valence-corrected chi connectivity index (χ1v) is 8.77. The lowest BCUT2D eigenvalue weighted by molar-refractivity contribution is -0.186. The van der Waals surface area contributed by atoms with Gasteiger partial charge in [0.1, 0.15) is 0 Å². The van der Waals surface area contributed by atoms with Gasteiger partial charge in [0.15, 0.2) is 0 Å². The quantitative estimate of drug-likeness (QED) is 0.533. The molecule has 1 nitrogen and oxygen atoms in total. The fourth-order valence-electron chi connectivity index (χ4n) is 3.49. The van der Waals surface area contributed by atoms with E-state index < -0.39 is 12.1 Å². The Kier molecular flexibility index (Phi) is 8.69. The van der Waals surface area contributed by atoms with Gasteiger partial charge in [0.2, 0.25) is 0 Å². The summed E-state index contributed by atoms with van der Waals surface area (Å²) in [6.45, 7) is 2.21. The topological polar surface area (TPSA) is 26.0 Å². The fourth-order valence-corrected chi connectivity index (χ4v) is 3.49. The Morgan fingerprint density at radius 2 is 1.62 bits per heavy atom. The third kappa shape index (κ3) is 7.53. The van der Waals surface area contributed by atoms with Crippen LogP contribution in [0.4, 0.5) is 13.2 Å². The molecule has 21 heavy (non-hydrogen) atoms. The number of alkyl halides is 3. The van der Waals surface area contributed by atoms with Crippen LogP contribution in [0.25, 0.3) is 0 Å². The summed E-state index contributed by atoms with van der Waals surface area (Å²) in [5, 5.41) is 0. The summed E-state index contributed by atoms with van der Waals surface area (Å²) in [4.78, 5) is 0. The molecule has 126 valence electrons. The van der Waals surface area contributed by atoms with Crippen LogP contribution in [0.5, 0.6) is 0 Å². The predicted molar refractivity (Wildman–Crippen MR) is 82.1 cm³/mol. The zero-order valence-electron chi connectivity index (χ0n) is 13.4. The third-order valence-corrected chi connectivity index (χ3v) is 4.92. The van der Waals surface area contributed by atoms with Crippen LogP contribution >= 0.6 is 0 Å². The van der Waals surface area contributed by atoms with Crippen LogP contribution in [0.3, 0.4) is 0 Å². The van der Waals surface area contributed by atoms with Gasteiger partial charge in [0.25, 0.3) is 0 Å². The first-order valence-electron chi connectivity index (χ1n) is 8.77. The van der Waals surface area contributed by atoms with Gasteiger partial charge in [-0.15, -0.1) is 0 Å². The molecular formula is C17H32F3N. The molecule has 0 aromatic carbocycles. The van der Waals surface area contributed by atoms with E-state index in [0.29, 0.717) is 12.8 Å². The zero-order valence-corrected chi connectivity index (χ0v) is 13.4. The van der Waals surface area contributed by atoms with Crippen molar-refractivity contribution in [3.05, 3.63) is 0 Å². The molecule has 0 aliphatic heterocycles. The molecule has 0 spiro atoms. The number of unbranched alkanes of at least 4 members (excludes halogenated alkanes) is 6. The van der Waals surface area contributed by atoms with Gasteiger partial charge in [-0.2, -0.15) is 13.2 Å². The van der Waals surface area contributed by atoms with Gasteiger partial charge in [-0.3, -0.25) is 0 Å². The van der Waals surface area contributed by atoms with E-state index >= 15 is 0 Å². The maximum Gasteiger partial charge on any atom is 0.391 e. The van der Waals surface area contributed by atoms with Crippen molar-refractivity contribution in [3.63, 3.8) is 0 Å². The van der Waals surface area contributed by atoms with Gasteiger partial charge < -0.3 is 5.73 Å². The van der Waals surface area contributed by atoms with E-state index in [9.17, 15) is 13.2 Å². The van der Waals surface area contributed by atoms with Crippen LogP contribution in [0.2, 0.25) is 0 Å². The van der Waals surface area contributed by atoms with Crippen molar-refractivity contribution in [1.82, 2.24) is 0 Å². The van der Waals surface area contributed by atoms with E-state index in [1.54, 1.807) is 0 Å². The van der Waals surface area contributed by atoms with Gasteiger partial charge in [-0.05, 0) is 31.6 Å². The van der Waals surface area contributed by atoms with Crippen LogP contribution in [-0.2, 0) is 0 Å². The van der Waals surface area contributed by atoms with Crippen molar-refractivity contribution >= 4 is 0 Å². The largest absolute Gasteiger partial charge is 0.391 e. The summed E-state index contributed by atoms with van der Waals surface area (Å²) in [6.07, 6.45) is 7.60. The van der Waals surface area contributed by atoms with Crippen molar-refractivity contribution < 1.29 is 13.2 Å². The van der Waals surface area contributed by atoms with E-state index in [-0.39, 0.29) is 18.4 Å². The minimum atomic E-state index is -4.03. The monoisotopic (exact) mass is 307 g/mol. The molecule has 0 aromatic rings. The normalized spacial score (nSPS) is 25.0. The zero-order chi connectivity index (χ0) is 15.7. The molecule has 2 N–H and O–H groups in total. The average molecular weight is 307 g/mol. The number of halogens is 3. The van der Waals surface area contributed by atoms with Crippen LogP contribution in [-0.4, -0.2) is 12.2 Å². The summed E-state index contributed by atoms with van der Waals surface area (Å²) in [5.74, 6) is -1.04. The highest BCUT2D eigenvalue weighted by molar-refractivity contribution is 4.83. The standard InChI is InChI=1S/C17H32F3N/c1-2-3-4-5-6-7-8-12-16(21)14-10-9-11-15(13-14)17(18,19)20/h14-16H,2-13,21H2,1H3. The average Bonchev–Trinajstić information content (AvgIpc) is 2.45. The lowest BCUT2D eigenvalue weighted by Gasteiger charge is -2.33. The van der Waals surface area contributed by atoms with E-state index in [1.807, 2.05) is 0 Å². The molecule has 1 rings (SSSR count). The van der Waals surface area contributed by atoms with Crippen LogP contribution in [0, 0.1) is 11.8 Å². The van der Waals surface area contributed by atoms with Crippen molar-refractivity contribution in [2.45, 2.75) is 96.2 Å². The molecule has 0 bridgehead atoms. The highest BCUT2D eigenvalue weighted by Gasteiger charge is 2.42. The molecule has 1 aliphatic carbocycles. The molecule has 4 heteroatoms. The van der Waals surface area contributed by atoms with E-state index in [4.69, 9.17) is 5.73 Å². The minimum Gasteiger partial charge on any atom is -0.327 e. The first-order chi connectivity index (χ1) is 9.95. The number of hydrogen-bond acceptors (Lipinski definition) is 1.